The Kier molecular flexibility index (Phi) is 11.3. The third-order valence-corrected chi connectivity index (χ3v) is 2.89. The van der Waals surface area contributed by atoms with E-state index >= 15 is 0 Å². The smallest absolute Gasteiger partial charge is 0.407 e. The van der Waals surface area contributed by atoms with Crippen molar-refractivity contribution in [2.75, 3.05) is 19.6 Å². The molecule has 0 aromatic heterocycles. The van der Waals surface area contributed by atoms with Crippen LogP contribution in [0.2, 0.25) is 0 Å². The number of nitrogens with zero attached hydrogens (tertiary/aromatic N) is 1. The minimum Gasteiger partial charge on any atom is -0.444 e. The van der Waals surface area contributed by atoms with Crippen molar-refractivity contribution in [1.82, 2.24) is 10.6 Å². The molecule has 0 unspecified atom stereocenters. The summed E-state index contributed by atoms with van der Waals surface area (Å²) < 4.78 is 5.13. The van der Waals surface area contributed by atoms with Crippen molar-refractivity contribution in [3.63, 3.8) is 0 Å². The molecule has 0 aromatic rings. The monoisotopic (exact) mass is 314 g/mol. The first-order chi connectivity index (χ1) is 10.3. The first kappa shape index (κ1) is 20.5. The van der Waals surface area contributed by atoms with Gasteiger partial charge in [0.2, 0.25) is 0 Å². The van der Waals surface area contributed by atoms with Crippen molar-refractivity contribution in [3.8, 4) is 0 Å². The van der Waals surface area contributed by atoms with Crippen molar-refractivity contribution < 1.29 is 9.53 Å². The zero-order valence-corrected chi connectivity index (χ0v) is 14.7. The summed E-state index contributed by atoms with van der Waals surface area (Å²) in [4.78, 5) is 15.7. The SMILES string of the molecule is CCCCCCCCN=C(N)NCCNC(=O)OC(C)(C)C. The van der Waals surface area contributed by atoms with Crippen molar-refractivity contribution in [3.05, 3.63) is 0 Å². The van der Waals surface area contributed by atoms with Crippen molar-refractivity contribution in [2.24, 2.45) is 10.7 Å². The third-order valence-electron chi connectivity index (χ3n) is 2.89. The Balaban J connectivity index is 3.54. The molecule has 6 nitrogen and oxygen atoms in total. The minimum absolute atomic E-state index is 0.420. The van der Waals surface area contributed by atoms with E-state index in [1.807, 2.05) is 20.8 Å². The Bertz CT molecular complexity index is 325. The predicted octanol–water partition coefficient (Wildman–Crippen LogP) is 2.78. The molecule has 0 saturated heterocycles. The van der Waals surface area contributed by atoms with Gasteiger partial charge < -0.3 is 21.1 Å². The summed E-state index contributed by atoms with van der Waals surface area (Å²) in [5, 5.41) is 5.63. The fourth-order valence-corrected chi connectivity index (χ4v) is 1.82. The van der Waals surface area contributed by atoms with Gasteiger partial charge in [0.05, 0.1) is 0 Å². The van der Waals surface area contributed by atoms with Gasteiger partial charge in [0.15, 0.2) is 5.96 Å². The zero-order chi connectivity index (χ0) is 16.8. The summed E-state index contributed by atoms with van der Waals surface area (Å²) in [6.45, 7) is 9.44. The molecular formula is C16H34N4O2. The van der Waals surface area contributed by atoms with Crippen LogP contribution in [0.5, 0.6) is 0 Å². The Morgan fingerprint density at radius 3 is 2.27 bits per heavy atom. The van der Waals surface area contributed by atoms with Gasteiger partial charge >= 0.3 is 6.09 Å². The summed E-state index contributed by atoms with van der Waals surface area (Å²) in [6.07, 6.45) is 7.03. The van der Waals surface area contributed by atoms with Gasteiger partial charge in [0.25, 0.3) is 0 Å². The molecule has 4 N–H and O–H groups in total. The summed E-state index contributed by atoms with van der Waals surface area (Å²) in [6, 6.07) is 0. The number of hydrogen-bond donors (Lipinski definition) is 3. The van der Waals surface area contributed by atoms with E-state index in [4.69, 9.17) is 10.5 Å². The maximum atomic E-state index is 11.4. The van der Waals surface area contributed by atoms with Gasteiger partial charge in [-0.15, -0.1) is 0 Å². The lowest BCUT2D eigenvalue weighted by Crippen LogP contribution is -2.40. The third kappa shape index (κ3) is 14.9. The van der Waals surface area contributed by atoms with Crippen molar-refractivity contribution in [2.45, 2.75) is 71.8 Å². The highest BCUT2D eigenvalue weighted by atomic mass is 16.6. The lowest BCUT2D eigenvalue weighted by molar-refractivity contribution is 0.0529. The Labute approximate surface area is 135 Å². The zero-order valence-electron chi connectivity index (χ0n) is 14.7. The van der Waals surface area contributed by atoms with Crippen LogP contribution in [-0.2, 0) is 4.74 Å². The molecule has 130 valence electrons. The summed E-state index contributed by atoms with van der Waals surface area (Å²) in [5.74, 6) is 0.430. The van der Waals surface area contributed by atoms with E-state index in [0.29, 0.717) is 19.0 Å². The quantitative estimate of drug-likeness (QED) is 0.329. The number of nitrogens with two attached hydrogens (primary N) is 1. The van der Waals surface area contributed by atoms with Gasteiger partial charge in [-0.1, -0.05) is 39.0 Å². The number of hydrogen-bond acceptors (Lipinski definition) is 3. The normalized spacial score (nSPS) is 12.1. The van der Waals surface area contributed by atoms with Crippen molar-refractivity contribution >= 4 is 12.1 Å². The van der Waals surface area contributed by atoms with Gasteiger partial charge in [-0.3, -0.25) is 4.99 Å². The molecule has 6 heteroatoms. The maximum absolute atomic E-state index is 11.4. The van der Waals surface area contributed by atoms with Crippen LogP contribution in [0.15, 0.2) is 4.99 Å². The molecule has 0 aliphatic rings. The second-order valence-corrected chi connectivity index (χ2v) is 6.39. The van der Waals surface area contributed by atoms with Crippen LogP contribution in [-0.4, -0.2) is 37.3 Å². The standard InChI is InChI=1S/C16H34N4O2/c1-5-6-7-8-9-10-11-18-14(17)19-12-13-20-15(21)22-16(2,3)4/h5-13H2,1-4H3,(H,20,21)(H3,17,18,19). The molecule has 0 atom stereocenters. The second kappa shape index (κ2) is 12.1. The molecule has 0 bridgehead atoms. The van der Waals surface area contributed by atoms with Crippen LogP contribution >= 0.6 is 0 Å². The number of carbonyl (C=O) groups is 1. The molecule has 0 aliphatic heterocycles. The number of rotatable bonds is 10. The molecule has 22 heavy (non-hydrogen) atoms. The average Bonchev–Trinajstić information content (AvgIpc) is 2.41. The molecule has 0 fully saturated rings. The number of nitrogens with one attached hydrogen (secondary N) is 2. The topological polar surface area (TPSA) is 88.7 Å². The molecule has 1 amide bonds. The molecule has 0 radical (unpaired) electrons. The van der Waals surface area contributed by atoms with Gasteiger partial charge in [-0.2, -0.15) is 0 Å². The van der Waals surface area contributed by atoms with Gasteiger partial charge in [-0.05, 0) is 27.2 Å². The first-order valence-electron chi connectivity index (χ1n) is 8.36. The number of carbonyl (C=O) groups excluding carboxylic acids is 1. The fraction of sp³-hybridized carbons (Fsp3) is 0.875. The average molecular weight is 314 g/mol. The minimum atomic E-state index is -0.477. The molecular weight excluding hydrogens is 280 g/mol. The summed E-state index contributed by atoms with van der Waals surface area (Å²) in [7, 11) is 0. The number of ether oxygens (including phenoxy) is 1. The predicted molar refractivity (Wildman–Crippen MR) is 92.1 cm³/mol. The number of alkyl carbamates (subject to hydrolysis) is 1. The molecule has 0 heterocycles. The summed E-state index contributed by atoms with van der Waals surface area (Å²) in [5.41, 5.74) is 5.27. The van der Waals surface area contributed by atoms with Crippen molar-refractivity contribution in [1.29, 1.82) is 0 Å². The van der Waals surface area contributed by atoms with Gasteiger partial charge in [-0.25, -0.2) is 4.79 Å². The Morgan fingerprint density at radius 2 is 1.64 bits per heavy atom. The van der Waals surface area contributed by atoms with Crippen LogP contribution in [0.3, 0.4) is 0 Å². The highest BCUT2D eigenvalue weighted by molar-refractivity contribution is 5.77. The van der Waals surface area contributed by atoms with Gasteiger partial charge in [0.1, 0.15) is 5.60 Å². The largest absolute Gasteiger partial charge is 0.444 e. The van der Waals surface area contributed by atoms with Gasteiger partial charge in [0, 0.05) is 19.6 Å². The lowest BCUT2D eigenvalue weighted by Gasteiger charge is -2.19. The van der Waals surface area contributed by atoms with Crippen LogP contribution in [0.1, 0.15) is 66.2 Å². The van der Waals surface area contributed by atoms with Crippen LogP contribution in [0.4, 0.5) is 4.79 Å². The summed E-state index contributed by atoms with van der Waals surface area (Å²) >= 11 is 0. The van der Waals surface area contributed by atoms with E-state index in [2.05, 4.69) is 22.5 Å². The number of guanidine groups is 1. The van der Waals surface area contributed by atoms with Crippen LogP contribution in [0, 0.1) is 0 Å². The molecule has 0 saturated carbocycles. The molecule has 0 spiro atoms. The lowest BCUT2D eigenvalue weighted by atomic mass is 10.1. The van der Waals surface area contributed by atoms with Crippen LogP contribution < -0.4 is 16.4 Å². The highest BCUT2D eigenvalue weighted by Crippen LogP contribution is 2.06. The fourth-order valence-electron chi connectivity index (χ4n) is 1.82. The van der Waals surface area contributed by atoms with E-state index in [1.165, 1.54) is 32.1 Å². The van der Waals surface area contributed by atoms with E-state index in [-0.39, 0.29) is 0 Å². The van der Waals surface area contributed by atoms with E-state index < -0.39 is 11.7 Å². The number of unbranched alkanes of at least 4 members (excludes halogenated alkanes) is 5. The molecule has 0 aliphatic carbocycles. The van der Waals surface area contributed by atoms with Crippen LogP contribution in [0.25, 0.3) is 0 Å². The van der Waals surface area contributed by atoms with E-state index in [9.17, 15) is 4.79 Å². The Hall–Kier alpha value is -1.46. The molecule has 0 rings (SSSR count). The molecule has 0 aromatic carbocycles. The highest BCUT2D eigenvalue weighted by Gasteiger charge is 2.15. The number of aliphatic imine (C=N–C) groups is 1. The first-order valence-corrected chi connectivity index (χ1v) is 8.36. The number of amides is 1. The van der Waals surface area contributed by atoms with E-state index in [0.717, 1.165) is 13.0 Å². The second-order valence-electron chi connectivity index (χ2n) is 6.39. The Morgan fingerprint density at radius 1 is 1.05 bits per heavy atom. The maximum Gasteiger partial charge on any atom is 0.407 e. The van der Waals surface area contributed by atoms with E-state index in [1.54, 1.807) is 0 Å².